The van der Waals surface area contributed by atoms with Crippen LogP contribution >= 0.6 is 15.9 Å². The second kappa shape index (κ2) is 6.26. The van der Waals surface area contributed by atoms with Gasteiger partial charge in [0.1, 0.15) is 0 Å². The van der Waals surface area contributed by atoms with Crippen molar-refractivity contribution in [1.82, 2.24) is 15.2 Å². The molecule has 20 heavy (non-hydrogen) atoms. The first-order valence-electron chi connectivity index (χ1n) is 7.00. The van der Waals surface area contributed by atoms with E-state index >= 15 is 0 Å². The molecule has 0 bridgehead atoms. The Labute approximate surface area is 127 Å². The molecule has 1 aromatic heterocycles. The minimum Gasteiger partial charge on any atom is -0.374 e. The van der Waals surface area contributed by atoms with Gasteiger partial charge < -0.3 is 15.0 Å². The van der Waals surface area contributed by atoms with Crippen LogP contribution in [-0.2, 0) is 11.3 Å². The molecule has 108 valence electrons. The van der Waals surface area contributed by atoms with Crippen molar-refractivity contribution in [2.24, 2.45) is 0 Å². The van der Waals surface area contributed by atoms with Crippen LogP contribution in [0.4, 0.5) is 0 Å². The summed E-state index contributed by atoms with van der Waals surface area (Å²) in [7, 11) is 1.97. The number of likely N-dealkylation sites (N-methyl/N-ethyl adjacent to an activating group) is 1. The van der Waals surface area contributed by atoms with Gasteiger partial charge in [-0.2, -0.15) is 0 Å². The molecule has 1 fully saturated rings. The molecule has 0 spiro atoms. The van der Waals surface area contributed by atoms with Crippen LogP contribution in [0.3, 0.4) is 0 Å². The van der Waals surface area contributed by atoms with Crippen LogP contribution in [0.2, 0.25) is 0 Å². The summed E-state index contributed by atoms with van der Waals surface area (Å²) in [4.78, 5) is 5.82. The Kier molecular flexibility index (Phi) is 4.41. The van der Waals surface area contributed by atoms with E-state index in [9.17, 15) is 0 Å². The number of hydrogen-bond acceptors (Lipinski definition) is 3. The van der Waals surface area contributed by atoms with Crippen molar-refractivity contribution in [1.29, 1.82) is 0 Å². The van der Waals surface area contributed by atoms with Crippen LogP contribution < -0.4 is 5.32 Å². The molecule has 0 amide bonds. The zero-order valence-electron chi connectivity index (χ0n) is 11.7. The molecule has 2 N–H and O–H groups in total. The number of hydrogen-bond donors (Lipinski definition) is 2. The molecule has 1 unspecified atom stereocenters. The highest BCUT2D eigenvalue weighted by Crippen LogP contribution is 2.24. The van der Waals surface area contributed by atoms with E-state index in [0.717, 1.165) is 37.3 Å². The summed E-state index contributed by atoms with van der Waals surface area (Å²) in [6.45, 7) is 4.69. The summed E-state index contributed by atoms with van der Waals surface area (Å²) in [5, 5.41) is 4.49. The molecule has 5 heteroatoms. The largest absolute Gasteiger partial charge is 0.374 e. The maximum atomic E-state index is 5.75. The number of ether oxygens (including phenoxy) is 1. The van der Waals surface area contributed by atoms with E-state index in [1.807, 2.05) is 7.05 Å². The van der Waals surface area contributed by atoms with Gasteiger partial charge in [-0.3, -0.25) is 4.90 Å². The summed E-state index contributed by atoms with van der Waals surface area (Å²) in [6, 6.07) is 6.37. The SMILES string of the molecule is CNCC1CN(Cc2c[nH]c3ccc(Br)cc23)CCO1. The van der Waals surface area contributed by atoms with Gasteiger partial charge in [0.25, 0.3) is 0 Å². The molecule has 1 aliphatic heterocycles. The Bertz CT molecular complexity index is 582. The molecular weight excluding hydrogens is 318 g/mol. The number of nitrogens with zero attached hydrogens (tertiary/aromatic N) is 1. The van der Waals surface area contributed by atoms with E-state index in [-0.39, 0.29) is 0 Å². The minimum absolute atomic E-state index is 0.297. The van der Waals surface area contributed by atoms with Gasteiger partial charge >= 0.3 is 0 Å². The zero-order valence-corrected chi connectivity index (χ0v) is 13.2. The van der Waals surface area contributed by atoms with Crippen molar-refractivity contribution >= 4 is 26.8 Å². The van der Waals surface area contributed by atoms with Crippen LogP contribution in [0, 0.1) is 0 Å². The molecule has 1 atom stereocenters. The number of rotatable bonds is 4. The molecule has 1 saturated heterocycles. The average Bonchev–Trinajstić information content (AvgIpc) is 2.82. The number of benzene rings is 1. The van der Waals surface area contributed by atoms with Gasteiger partial charge in [0.05, 0.1) is 12.7 Å². The third kappa shape index (κ3) is 3.06. The Morgan fingerprint density at radius 1 is 1.50 bits per heavy atom. The van der Waals surface area contributed by atoms with E-state index in [4.69, 9.17) is 4.74 Å². The molecule has 1 aliphatic rings. The lowest BCUT2D eigenvalue weighted by Crippen LogP contribution is -2.45. The van der Waals surface area contributed by atoms with Crippen molar-refractivity contribution in [3.05, 3.63) is 34.4 Å². The average molecular weight is 338 g/mol. The third-order valence-corrected chi connectivity index (χ3v) is 4.27. The summed E-state index contributed by atoms with van der Waals surface area (Å²) in [5.74, 6) is 0. The molecule has 2 heterocycles. The second-order valence-electron chi connectivity index (χ2n) is 5.29. The van der Waals surface area contributed by atoms with Crippen LogP contribution in [-0.4, -0.2) is 49.3 Å². The quantitative estimate of drug-likeness (QED) is 0.899. The number of nitrogens with one attached hydrogen (secondary N) is 2. The molecular formula is C15H20BrN3O. The van der Waals surface area contributed by atoms with Gasteiger partial charge in [0.2, 0.25) is 0 Å². The van der Waals surface area contributed by atoms with Gasteiger partial charge in [0.15, 0.2) is 0 Å². The number of H-pyrrole nitrogens is 1. The Morgan fingerprint density at radius 3 is 3.25 bits per heavy atom. The van der Waals surface area contributed by atoms with E-state index < -0.39 is 0 Å². The second-order valence-corrected chi connectivity index (χ2v) is 6.21. The first-order chi connectivity index (χ1) is 9.76. The molecule has 0 saturated carbocycles. The van der Waals surface area contributed by atoms with Crippen LogP contribution in [0.25, 0.3) is 10.9 Å². The molecule has 3 rings (SSSR count). The number of halogens is 1. The predicted octanol–water partition coefficient (Wildman–Crippen LogP) is 2.35. The fourth-order valence-electron chi connectivity index (χ4n) is 2.80. The molecule has 4 nitrogen and oxygen atoms in total. The van der Waals surface area contributed by atoms with Gasteiger partial charge in [-0.15, -0.1) is 0 Å². The highest BCUT2D eigenvalue weighted by atomic mass is 79.9. The smallest absolute Gasteiger partial charge is 0.0826 e. The summed E-state index contributed by atoms with van der Waals surface area (Å²) < 4.78 is 6.88. The monoisotopic (exact) mass is 337 g/mol. The summed E-state index contributed by atoms with van der Waals surface area (Å²) in [5.41, 5.74) is 2.55. The number of morpholine rings is 1. The van der Waals surface area contributed by atoms with Crippen molar-refractivity contribution in [2.45, 2.75) is 12.6 Å². The first kappa shape index (κ1) is 14.1. The summed E-state index contributed by atoms with van der Waals surface area (Å²) >= 11 is 3.55. The Balaban J connectivity index is 1.74. The fourth-order valence-corrected chi connectivity index (χ4v) is 3.16. The van der Waals surface area contributed by atoms with E-state index in [2.05, 4.69) is 55.5 Å². The summed E-state index contributed by atoms with van der Waals surface area (Å²) in [6.07, 6.45) is 2.42. The molecule has 2 aromatic rings. The fraction of sp³-hybridized carbons (Fsp3) is 0.467. The van der Waals surface area contributed by atoms with Crippen molar-refractivity contribution in [3.8, 4) is 0 Å². The van der Waals surface area contributed by atoms with Crippen molar-refractivity contribution in [2.75, 3.05) is 33.3 Å². The molecule has 0 aliphatic carbocycles. The van der Waals surface area contributed by atoms with Gasteiger partial charge in [0, 0.05) is 47.8 Å². The van der Waals surface area contributed by atoms with Crippen LogP contribution in [0.5, 0.6) is 0 Å². The standard InChI is InChI=1S/C15H20BrN3O/c1-17-8-13-10-19(4-5-20-13)9-11-7-18-15-3-2-12(16)6-14(11)15/h2-3,6-7,13,17-18H,4-5,8-10H2,1H3. The molecule has 1 aromatic carbocycles. The lowest BCUT2D eigenvalue weighted by Gasteiger charge is -2.32. The van der Waals surface area contributed by atoms with Gasteiger partial charge in [-0.1, -0.05) is 15.9 Å². The van der Waals surface area contributed by atoms with E-state index in [0.29, 0.717) is 6.10 Å². The first-order valence-corrected chi connectivity index (χ1v) is 7.79. The lowest BCUT2D eigenvalue weighted by atomic mass is 10.1. The predicted molar refractivity (Wildman–Crippen MR) is 84.9 cm³/mol. The number of aromatic amines is 1. The van der Waals surface area contributed by atoms with E-state index in [1.165, 1.54) is 16.5 Å². The third-order valence-electron chi connectivity index (χ3n) is 3.78. The maximum Gasteiger partial charge on any atom is 0.0826 e. The highest BCUT2D eigenvalue weighted by Gasteiger charge is 2.20. The Hall–Kier alpha value is -0.880. The van der Waals surface area contributed by atoms with Crippen LogP contribution in [0.1, 0.15) is 5.56 Å². The molecule has 0 radical (unpaired) electrons. The van der Waals surface area contributed by atoms with Gasteiger partial charge in [-0.05, 0) is 30.8 Å². The minimum atomic E-state index is 0.297. The zero-order chi connectivity index (χ0) is 13.9. The number of aromatic nitrogens is 1. The van der Waals surface area contributed by atoms with E-state index in [1.54, 1.807) is 0 Å². The Morgan fingerprint density at radius 2 is 2.40 bits per heavy atom. The highest BCUT2D eigenvalue weighted by molar-refractivity contribution is 9.10. The number of fused-ring (bicyclic) bond motifs is 1. The van der Waals surface area contributed by atoms with Gasteiger partial charge in [-0.25, -0.2) is 0 Å². The van der Waals surface area contributed by atoms with Crippen molar-refractivity contribution < 1.29 is 4.74 Å². The topological polar surface area (TPSA) is 40.3 Å². The van der Waals surface area contributed by atoms with Crippen molar-refractivity contribution in [3.63, 3.8) is 0 Å². The van der Waals surface area contributed by atoms with Crippen LogP contribution in [0.15, 0.2) is 28.9 Å². The normalized spacial score (nSPS) is 20.6. The maximum absolute atomic E-state index is 5.75. The lowest BCUT2D eigenvalue weighted by molar-refractivity contribution is -0.0290.